The standard InChI is InChI=1S/C27H24ClN3O3S2/c1-30(2)14-7-3-12(4-8-14)18-19-16-11-17(22(19)35-24-23(18)36-27(34)29-24)21-20(16)25(32)31(26(21)33)15-9-5-13(28)6-10-15/h3-10,16-22H,11H2,1-2H3,(H,29,34)/t16-,17+,18-,19-,20+,21+,22-/m1/s1. The lowest BCUT2D eigenvalue weighted by atomic mass is 9.68. The number of carbonyl (C=O) groups is 2. The Labute approximate surface area is 221 Å². The van der Waals surface area contributed by atoms with Gasteiger partial charge in [-0.05, 0) is 66.1 Å². The average Bonchev–Trinajstić information content (AvgIpc) is 3.59. The van der Waals surface area contributed by atoms with Crippen molar-refractivity contribution in [3.05, 3.63) is 73.7 Å². The van der Waals surface area contributed by atoms with Crippen LogP contribution in [0.15, 0.2) is 58.4 Å². The number of hydrogen-bond acceptors (Lipinski definition) is 6. The van der Waals surface area contributed by atoms with Crippen LogP contribution in [-0.4, -0.2) is 36.1 Å². The molecule has 7 rings (SSSR count). The molecule has 3 fully saturated rings. The number of benzene rings is 2. The molecule has 36 heavy (non-hydrogen) atoms. The van der Waals surface area contributed by atoms with Crippen molar-refractivity contribution >= 4 is 57.9 Å². The van der Waals surface area contributed by atoms with Gasteiger partial charge in [0.15, 0.2) is 0 Å². The van der Waals surface area contributed by atoms with Gasteiger partial charge in [0.2, 0.25) is 11.8 Å². The van der Waals surface area contributed by atoms with E-state index in [1.54, 1.807) is 36.0 Å². The van der Waals surface area contributed by atoms with Crippen molar-refractivity contribution in [2.45, 2.75) is 22.6 Å². The molecule has 0 radical (unpaired) electrons. The molecule has 6 nitrogen and oxygen atoms in total. The maximum absolute atomic E-state index is 13.8. The van der Waals surface area contributed by atoms with Gasteiger partial charge in [0.1, 0.15) is 0 Å². The molecule has 2 amide bonds. The lowest BCUT2D eigenvalue weighted by Gasteiger charge is -2.43. The smallest absolute Gasteiger partial charge is 0.305 e. The van der Waals surface area contributed by atoms with Crippen LogP contribution in [0.2, 0.25) is 5.02 Å². The highest BCUT2D eigenvalue weighted by Crippen LogP contribution is 2.68. The molecule has 0 unspecified atom stereocenters. The van der Waals surface area contributed by atoms with Crippen molar-refractivity contribution in [3.8, 4) is 0 Å². The largest absolute Gasteiger partial charge is 0.378 e. The predicted molar refractivity (Wildman–Crippen MR) is 143 cm³/mol. The molecular weight excluding hydrogens is 514 g/mol. The molecule has 2 aromatic carbocycles. The minimum absolute atomic E-state index is 0.0369. The molecule has 2 aliphatic heterocycles. The number of fused-ring (bicyclic) bond motifs is 9. The van der Waals surface area contributed by atoms with E-state index in [0.29, 0.717) is 10.7 Å². The minimum Gasteiger partial charge on any atom is -0.378 e. The Morgan fingerprint density at radius 3 is 2.28 bits per heavy atom. The summed E-state index contributed by atoms with van der Waals surface area (Å²) >= 11 is 9.06. The van der Waals surface area contributed by atoms with E-state index in [1.165, 1.54) is 21.8 Å². The number of rotatable bonds is 3. The molecule has 2 aliphatic carbocycles. The van der Waals surface area contributed by atoms with Gasteiger partial charge >= 0.3 is 4.87 Å². The summed E-state index contributed by atoms with van der Waals surface area (Å²) in [7, 11) is 4.03. The molecule has 0 spiro atoms. The number of aromatic nitrogens is 1. The second-order valence-corrected chi connectivity index (χ2v) is 13.1. The van der Waals surface area contributed by atoms with Crippen LogP contribution >= 0.6 is 34.7 Å². The van der Waals surface area contributed by atoms with E-state index >= 15 is 0 Å². The molecule has 2 bridgehead atoms. The summed E-state index contributed by atoms with van der Waals surface area (Å²) in [4.78, 5) is 47.4. The first kappa shape index (κ1) is 22.6. The molecule has 3 aromatic rings. The summed E-state index contributed by atoms with van der Waals surface area (Å²) in [6.07, 6.45) is 0.884. The third kappa shape index (κ3) is 3.07. The Balaban J connectivity index is 1.31. The first-order chi connectivity index (χ1) is 17.3. The van der Waals surface area contributed by atoms with E-state index in [0.717, 1.165) is 22.0 Å². The van der Waals surface area contributed by atoms with E-state index < -0.39 is 0 Å². The fourth-order valence-electron chi connectivity index (χ4n) is 7.21. The number of H-pyrrole nitrogens is 1. The van der Waals surface area contributed by atoms with Crippen molar-refractivity contribution in [2.24, 2.45) is 29.6 Å². The molecule has 1 N–H and O–H groups in total. The van der Waals surface area contributed by atoms with Crippen LogP contribution in [0.25, 0.3) is 0 Å². The maximum atomic E-state index is 13.8. The number of anilines is 2. The Kier molecular flexibility index (Phi) is 5.01. The van der Waals surface area contributed by atoms with Gasteiger partial charge in [-0.15, -0.1) is 11.8 Å². The van der Waals surface area contributed by atoms with Gasteiger partial charge in [-0.25, -0.2) is 0 Å². The van der Waals surface area contributed by atoms with Gasteiger partial charge < -0.3 is 9.88 Å². The van der Waals surface area contributed by atoms with Gasteiger partial charge in [-0.1, -0.05) is 35.1 Å². The number of nitrogens with one attached hydrogen (secondary N) is 1. The number of halogens is 1. The molecule has 1 saturated heterocycles. The molecule has 9 heteroatoms. The Bertz CT molecular complexity index is 1450. The van der Waals surface area contributed by atoms with Crippen LogP contribution in [0.4, 0.5) is 11.4 Å². The zero-order chi connectivity index (χ0) is 24.9. The van der Waals surface area contributed by atoms with Crippen molar-refractivity contribution in [3.63, 3.8) is 0 Å². The zero-order valence-electron chi connectivity index (χ0n) is 19.7. The Morgan fingerprint density at radius 1 is 0.944 bits per heavy atom. The van der Waals surface area contributed by atoms with E-state index in [2.05, 4.69) is 34.1 Å². The van der Waals surface area contributed by atoms with E-state index in [1.807, 2.05) is 14.1 Å². The number of aromatic amines is 1. The summed E-state index contributed by atoms with van der Waals surface area (Å²) in [5, 5.41) is 1.70. The van der Waals surface area contributed by atoms with Gasteiger partial charge in [0, 0.05) is 40.9 Å². The lowest BCUT2D eigenvalue weighted by Crippen LogP contribution is -2.42. The number of imide groups is 1. The molecule has 1 aromatic heterocycles. The summed E-state index contributed by atoms with van der Waals surface area (Å²) < 4.78 is 0. The topological polar surface area (TPSA) is 73.5 Å². The highest BCUT2D eigenvalue weighted by Gasteiger charge is 2.69. The number of thioether (sulfide) groups is 1. The van der Waals surface area contributed by atoms with Gasteiger partial charge in [-0.3, -0.25) is 19.3 Å². The summed E-state index contributed by atoms with van der Waals surface area (Å²) in [6.45, 7) is 0. The normalized spacial score (nSPS) is 32.0. The quantitative estimate of drug-likeness (QED) is 0.484. The predicted octanol–water partition coefficient (Wildman–Crippen LogP) is 4.83. The fourth-order valence-corrected chi connectivity index (χ4v) is 10.2. The first-order valence-electron chi connectivity index (χ1n) is 12.1. The van der Waals surface area contributed by atoms with Crippen LogP contribution in [-0.2, 0) is 9.59 Å². The maximum Gasteiger partial charge on any atom is 0.305 e. The third-order valence-corrected chi connectivity index (χ3v) is 11.4. The molecule has 2 saturated carbocycles. The van der Waals surface area contributed by atoms with Crippen molar-refractivity contribution in [2.75, 3.05) is 23.9 Å². The summed E-state index contributed by atoms with van der Waals surface area (Å²) in [5.74, 6) is -0.314. The molecular formula is C27H24ClN3O3S2. The Hall–Kier alpha value is -2.55. The van der Waals surface area contributed by atoms with E-state index in [9.17, 15) is 14.4 Å². The average molecular weight is 538 g/mol. The molecule has 7 atom stereocenters. The fraction of sp³-hybridized carbons (Fsp3) is 0.370. The van der Waals surface area contributed by atoms with Crippen LogP contribution < -0.4 is 14.7 Å². The van der Waals surface area contributed by atoms with E-state index in [-0.39, 0.29) is 57.4 Å². The van der Waals surface area contributed by atoms with Crippen molar-refractivity contribution in [1.29, 1.82) is 0 Å². The molecule has 4 aliphatic rings. The number of thiazole rings is 1. The van der Waals surface area contributed by atoms with Crippen molar-refractivity contribution < 1.29 is 9.59 Å². The second-order valence-electron chi connectivity index (χ2n) is 10.4. The zero-order valence-corrected chi connectivity index (χ0v) is 22.1. The second kappa shape index (κ2) is 7.97. The first-order valence-corrected chi connectivity index (χ1v) is 14.2. The SMILES string of the molecule is CN(C)c1ccc([C@H]2c3sc(=O)[nH]c3S[C@@H]3[C@H]4C[C@@H]([C@@H]5C(=O)N(c6ccc(Cl)cc6)C(=O)[C@@H]45)[C@H]23)cc1. The lowest BCUT2D eigenvalue weighted by molar-refractivity contribution is -0.123. The van der Waals surface area contributed by atoms with E-state index in [4.69, 9.17) is 11.6 Å². The number of hydrogen-bond donors (Lipinski definition) is 1. The number of amides is 2. The van der Waals surface area contributed by atoms with Gasteiger partial charge in [0.05, 0.1) is 22.5 Å². The highest BCUT2D eigenvalue weighted by molar-refractivity contribution is 8.00. The van der Waals surface area contributed by atoms with Crippen LogP contribution in [0.5, 0.6) is 0 Å². The third-order valence-electron chi connectivity index (χ3n) is 8.58. The monoisotopic (exact) mass is 537 g/mol. The van der Waals surface area contributed by atoms with Crippen LogP contribution in [0.3, 0.4) is 0 Å². The summed E-state index contributed by atoms with van der Waals surface area (Å²) in [5.41, 5.74) is 2.88. The molecule has 3 heterocycles. The van der Waals surface area contributed by atoms with Gasteiger partial charge in [0.25, 0.3) is 0 Å². The minimum atomic E-state index is -0.305. The number of carbonyl (C=O) groups excluding carboxylic acids is 2. The molecule has 184 valence electrons. The Morgan fingerprint density at radius 2 is 1.61 bits per heavy atom. The van der Waals surface area contributed by atoms with Crippen LogP contribution in [0, 0.1) is 29.6 Å². The van der Waals surface area contributed by atoms with Crippen molar-refractivity contribution in [1.82, 2.24) is 4.98 Å². The highest BCUT2D eigenvalue weighted by atomic mass is 35.5. The van der Waals surface area contributed by atoms with Gasteiger partial charge in [-0.2, -0.15) is 0 Å². The summed E-state index contributed by atoms with van der Waals surface area (Å²) in [6, 6.07) is 15.5. The number of nitrogens with zero attached hydrogens (tertiary/aromatic N) is 2. The van der Waals surface area contributed by atoms with Crippen LogP contribution in [0.1, 0.15) is 22.8 Å².